The predicted octanol–water partition coefficient (Wildman–Crippen LogP) is 3.29. The van der Waals surface area contributed by atoms with E-state index in [2.05, 4.69) is 32.6 Å². The summed E-state index contributed by atoms with van der Waals surface area (Å²) in [5.41, 5.74) is 3.39. The molecule has 0 unspecified atom stereocenters. The zero-order valence-corrected chi connectivity index (χ0v) is 16.0. The van der Waals surface area contributed by atoms with Crippen LogP contribution in [0.15, 0.2) is 48.8 Å². The summed E-state index contributed by atoms with van der Waals surface area (Å²) < 4.78 is 21.2. The molecule has 1 aliphatic rings. The Balaban J connectivity index is 1.44. The summed E-state index contributed by atoms with van der Waals surface area (Å²) in [7, 11) is 1.75. The topological polar surface area (TPSA) is 56.1 Å². The van der Waals surface area contributed by atoms with Gasteiger partial charge in [0.2, 0.25) is 0 Å². The maximum Gasteiger partial charge on any atom is 0.143 e. The highest BCUT2D eigenvalue weighted by atomic mass is 19.1. The van der Waals surface area contributed by atoms with Gasteiger partial charge in [0.1, 0.15) is 12.1 Å². The third-order valence-electron chi connectivity index (χ3n) is 5.46. The number of nitrogens with zero attached hydrogens (tertiary/aromatic N) is 5. The highest BCUT2D eigenvalue weighted by molar-refractivity contribution is 5.65. The molecule has 0 atom stereocenters. The minimum Gasteiger partial charge on any atom is -0.383 e. The molecule has 6 nitrogen and oxygen atoms in total. The van der Waals surface area contributed by atoms with Crippen molar-refractivity contribution in [1.29, 1.82) is 0 Å². The Hall–Kier alpha value is -2.64. The minimum absolute atomic E-state index is 0.285. The van der Waals surface area contributed by atoms with Gasteiger partial charge in [-0.3, -0.25) is 0 Å². The fraction of sp³-hybridized carbons (Fsp3) is 0.381. The van der Waals surface area contributed by atoms with Gasteiger partial charge in [-0.2, -0.15) is 0 Å². The van der Waals surface area contributed by atoms with E-state index in [0.717, 1.165) is 44.6 Å². The first kappa shape index (κ1) is 18.7. The molecule has 1 fully saturated rings. The van der Waals surface area contributed by atoms with Crippen molar-refractivity contribution in [2.24, 2.45) is 0 Å². The van der Waals surface area contributed by atoms with Gasteiger partial charge in [-0.15, -0.1) is 5.10 Å². The Morgan fingerprint density at radius 1 is 1.11 bits per heavy atom. The molecule has 1 aliphatic heterocycles. The number of hydrogen-bond donors (Lipinski definition) is 0. The number of tetrazole rings is 1. The molecular formula is C21H24FN5O. The van der Waals surface area contributed by atoms with E-state index >= 15 is 0 Å². The van der Waals surface area contributed by atoms with Gasteiger partial charge in [-0.25, -0.2) is 9.07 Å². The van der Waals surface area contributed by atoms with Crippen molar-refractivity contribution in [1.82, 2.24) is 25.1 Å². The number of halogens is 1. The van der Waals surface area contributed by atoms with Gasteiger partial charge in [0.25, 0.3) is 0 Å². The Labute approximate surface area is 163 Å². The summed E-state index contributed by atoms with van der Waals surface area (Å²) in [6.45, 7) is 3.99. The summed E-state index contributed by atoms with van der Waals surface area (Å²) in [6.07, 6.45) is 3.75. The number of likely N-dealkylation sites (tertiary alicyclic amines) is 1. The molecule has 0 bridgehead atoms. The van der Waals surface area contributed by atoms with E-state index in [1.807, 2.05) is 18.2 Å². The van der Waals surface area contributed by atoms with Gasteiger partial charge < -0.3 is 9.64 Å². The quantitative estimate of drug-likeness (QED) is 0.656. The largest absolute Gasteiger partial charge is 0.383 e. The van der Waals surface area contributed by atoms with Gasteiger partial charge in [0.05, 0.1) is 12.3 Å². The second-order valence-corrected chi connectivity index (χ2v) is 7.15. The highest BCUT2D eigenvalue weighted by Crippen LogP contribution is 2.31. The van der Waals surface area contributed by atoms with Crippen LogP contribution in [0.4, 0.5) is 4.39 Å². The molecule has 7 heteroatoms. The summed E-state index contributed by atoms with van der Waals surface area (Å²) in [4.78, 5) is 2.45. The summed E-state index contributed by atoms with van der Waals surface area (Å²) >= 11 is 0. The first-order valence-electron chi connectivity index (χ1n) is 9.59. The van der Waals surface area contributed by atoms with Crippen LogP contribution in [0.1, 0.15) is 24.3 Å². The lowest BCUT2D eigenvalue weighted by Gasteiger charge is -2.32. The Kier molecular flexibility index (Phi) is 5.73. The van der Waals surface area contributed by atoms with Gasteiger partial charge in [-0.05, 0) is 65.5 Å². The van der Waals surface area contributed by atoms with Crippen LogP contribution in [0.5, 0.6) is 0 Å². The van der Waals surface area contributed by atoms with Crippen LogP contribution < -0.4 is 0 Å². The fourth-order valence-corrected chi connectivity index (χ4v) is 3.81. The average Bonchev–Trinajstić information content (AvgIpc) is 3.28. The monoisotopic (exact) mass is 381 g/mol. The minimum atomic E-state index is -0.285. The Bertz CT molecular complexity index is 890. The van der Waals surface area contributed by atoms with Crippen LogP contribution in [0.3, 0.4) is 0 Å². The van der Waals surface area contributed by atoms with Gasteiger partial charge >= 0.3 is 0 Å². The smallest absolute Gasteiger partial charge is 0.143 e. The number of ether oxygens (including phenoxy) is 1. The van der Waals surface area contributed by atoms with Crippen molar-refractivity contribution in [3.8, 4) is 16.8 Å². The molecule has 0 radical (unpaired) electrons. The Morgan fingerprint density at radius 2 is 1.89 bits per heavy atom. The molecule has 146 valence electrons. The number of rotatable bonds is 6. The number of aromatic nitrogens is 4. The van der Waals surface area contributed by atoms with Crippen molar-refractivity contribution in [2.45, 2.75) is 18.8 Å². The molecule has 4 rings (SSSR count). The number of benzene rings is 2. The van der Waals surface area contributed by atoms with Crippen molar-refractivity contribution in [3.05, 3.63) is 60.2 Å². The molecule has 2 aromatic carbocycles. The average molecular weight is 381 g/mol. The molecule has 1 aromatic heterocycles. The molecule has 0 aliphatic carbocycles. The second-order valence-electron chi connectivity index (χ2n) is 7.15. The van der Waals surface area contributed by atoms with E-state index in [0.29, 0.717) is 17.2 Å². The first-order valence-corrected chi connectivity index (χ1v) is 9.59. The van der Waals surface area contributed by atoms with Crippen molar-refractivity contribution < 1.29 is 9.13 Å². The van der Waals surface area contributed by atoms with E-state index in [-0.39, 0.29) is 5.82 Å². The van der Waals surface area contributed by atoms with E-state index in [9.17, 15) is 4.39 Å². The molecule has 1 saturated heterocycles. The lowest BCUT2D eigenvalue weighted by Crippen LogP contribution is -2.35. The SMILES string of the molecule is COCCN1CCC(c2ccc(-c3ccc(-n4cnnn4)cc3F)cc2)CC1. The van der Waals surface area contributed by atoms with Crippen molar-refractivity contribution in [2.75, 3.05) is 33.4 Å². The number of hydrogen-bond acceptors (Lipinski definition) is 5. The maximum atomic E-state index is 14.6. The molecular weight excluding hydrogens is 357 g/mol. The molecule has 0 spiro atoms. The van der Waals surface area contributed by atoms with E-state index in [4.69, 9.17) is 4.74 Å². The zero-order chi connectivity index (χ0) is 19.3. The molecule has 28 heavy (non-hydrogen) atoms. The van der Waals surface area contributed by atoms with Crippen LogP contribution >= 0.6 is 0 Å². The predicted molar refractivity (Wildman–Crippen MR) is 105 cm³/mol. The van der Waals surface area contributed by atoms with Gasteiger partial charge in [0, 0.05) is 25.3 Å². The second kappa shape index (κ2) is 8.58. The molecule has 3 aromatic rings. The molecule has 0 amide bonds. The molecule has 2 heterocycles. The van der Waals surface area contributed by atoms with Crippen molar-refractivity contribution in [3.63, 3.8) is 0 Å². The third-order valence-corrected chi connectivity index (χ3v) is 5.46. The van der Waals surface area contributed by atoms with Crippen LogP contribution in [0.2, 0.25) is 0 Å². The van der Waals surface area contributed by atoms with Gasteiger partial charge in [-0.1, -0.05) is 24.3 Å². The van der Waals surface area contributed by atoms with Crippen LogP contribution in [0, 0.1) is 5.82 Å². The summed E-state index contributed by atoms with van der Waals surface area (Å²) in [6, 6.07) is 13.4. The van der Waals surface area contributed by atoms with Crippen LogP contribution in [0.25, 0.3) is 16.8 Å². The fourth-order valence-electron chi connectivity index (χ4n) is 3.81. The lowest BCUT2D eigenvalue weighted by atomic mass is 9.88. The van der Waals surface area contributed by atoms with Crippen LogP contribution in [-0.4, -0.2) is 58.5 Å². The molecule has 0 N–H and O–H groups in total. The van der Waals surface area contributed by atoms with Crippen molar-refractivity contribution >= 4 is 0 Å². The highest BCUT2D eigenvalue weighted by Gasteiger charge is 2.20. The van der Waals surface area contributed by atoms with E-state index < -0.39 is 0 Å². The number of piperidine rings is 1. The summed E-state index contributed by atoms with van der Waals surface area (Å²) in [5, 5.41) is 11.0. The molecule has 0 saturated carbocycles. The normalized spacial score (nSPS) is 15.8. The zero-order valence-electron chi connectivity index (χ0n) is 16.0. The van der Waals surface area contributed by atoms with E-state index in [1.54, 1.807) is 13.2 Å². The number of methoxy groups -OCH3 is 1. The van der Waals surface area contributed by atoms with Gasteiger partial charge in [0.15, 0.2) is 0 Å². The maximum absolute atomic E-state index is 14.6. The Morgan fingerprint density at radius 3 is 2.54 bits per heavy atom. The summed E-state index contributed by atoms with van der Waals surface area (Å²) in [5.74, 6) is 0.284. The first-order chi connectivity index (χ1) is 13.7. The third kappa shape index (κ3) is 4.10. The van der Waals surface area contributed by atoms with Crippen LogP contribution in [-0.2, 0) is 4.74 Å². The lowest BCUT2D eigenvalue weighted by molar-refractivity contribution is 0.130. The standard InChI is InChI=1S/C21H24FN5O/c1-28-13-12-26-10-8-17(9-11-26)16-2-4-18(5-3-16)20-7-6-19(14-21(20)22)27-15-23-24-25-27/h2-7,14-15,17H,8-13H2,1H3. The van der Waals surface area contributed by atoms with E-state index in [1.165, 1.54) is 22.6 Å².